The topological polar surface area (TPSA) is 32.3 Å². The minimum absolute atomic E-state index is 0.173. The van der Waals surface area contributed by atoms with Crippen molar-refractivity contribution in [2.24, 2.45) is 0 Å². The molecule has 0 saturated carbocycles. The van der Waals surface area contributed by atoms with Gasteiger partial charge in [-0.2, -0.15) is 0 Å². The third-order valence-corrected chi connectivity index (χ3v) is 4.22. The Bertz CT molecular complexity index is 464. The van der Waals surface area contributed by atoms with Gasteiger partial charge in [-0.15, -0.1) is 0 Å². The quantitative estimate of drug-likeness (QED) is 0.818. The highest BCUT2D eigenvalue weighted by Gasteiger charge is 2.24. The molecule has 116 valence electrons. The Morgan fingerprint density at radius 2 is 2.19 bits per heavy atom. The van der Waals surface area contributed by atoms with Gasteiger partial charge in [0.2, 0.25) is 5.91 Å². The summed E-state index contributed by atoms with van der Waals surface area (Å²) in [6, 6.07) is 7.19. The van der Waals surface area contributed by atoms with Crippen LogP contribution < -0.4 is 5.32 Å². The molecule has 0 aliphatic carbocycles. The number of rotatable bonds is 6. The summed E-state index contributed by atoms with van der Waals surface area (Å²) in [5, 5.41) is 3.14. The van der Waals surface area contributed by atoms with E-state index < -0.39 is 0 Å². The van der Waals surface area contributed by atoms with Crippen LogP contribution in [0.1, 0.15) is 38.2 Å². The Hall–Kier alpha value is -1.42. The molecular formula is C17H25FN2O. The van der Waals surface area contributed by atoms with Crippen LogP contribution in [0, 0.1) is 5.82 Å². The Balaban J connectivity index is 1.73. The first-order valence-electron chi connectivity index (χ1n) is 7.96. The molecule has 1 amide bonds. The summed E-state index contributed by atoms with van der Waals surface area (Å²) in [7, 11) is 0. The average molecular weight is 292 g/mol. The van der Waals surface area contributed by atoms with Crippen LogP contribution >= 0.6 is 0 Å². The molecule has 0 aromatic heterocycles. The maximum Gasteiger partial charge on any atom is 0.236 e. The predicted molar refractivity (Wildman–Crippen MR) is 82.6 cm³/mol. The molecule has 1 aliphatic heterocycles. The Labute approximate surface area is 126 Å². The molecular weight excluding hydrogens is 267 g/mol. The molecule has 3 nitrogen and oxygen atoms in total. The van der Waals surface area contributed by atoms with E-state index in [0.717, 1.165) is 25.8 Å². The molecule has 1 aromatic carbocycles. The van der Waals surface area contributed by atoms with E-state index in [1.807, 2.05) is 11.0 Å². The van der Waals surface area contributed by atoms with Crippen LogP contribution in [-0.4, -0.2) is 36.5 Å². The largest absolute Gasteiger partial charge is 0.339 e. The van der Waals surface area contributed by atoms with Crippen molar-refractivity contribution >= 4 is 5.91 Å². The van der Waals surface area contributed by atoms with Gasteiger partial charge in [0, 0.05) is 12.6 Å². The fourth-order valence-electron chi connectivity index (χ4n) is 2.97. The van der Waals surface area contributed by atoms with Crippen LogP contribution in [0.4, 0.5) is 4.39 Å². The summed E-state index contributed by atoms with van der Waals surface area (Å²) in [5.41, 5.74) is 0.696. The molecule has 1 atom stereocenters. The molecule has 21 heavy (non-hydrogen) atoms. The number of halogens is 1. The summed E-state index contributed by atoms with van der Waals surface area (Å²) >= 11 is 0. The number of nitrogens with zero attached hydrogens (tertiary/aromatic N) is 1. The second-order valence-corrected chi connectivity index (χ2v) is 5.66. The van der Waals surface area contributed by atoms with Gasteiger partial charge in [-0.25, -0.2) is 4.39 Å². The third-order valence-electron chi connectivity index (χ3n) is 4.22. The zero-order valence-corrected chi connectivity index (χ0v) is 12.8. The summed E-state index contributed by atoms with van der Waals surface area (Å²) < 4.78 is 13.5. The van der Waals surface area contributed by atoms with Crippen molar-refractivity contribution < 1.29 is 9.18 Å². The SMILES string of the molecule is CCC1CCCCN1C(=O)CNCCc1ccccc1F. The Morgan fingerprint density at radius 3 is 2.95 bits per heavy atom. The second kappa shape index (κ2) is 8.13. The number of nitrogens with one attached hydrogen (secondary N) is 1. The van der Waals surface area contributed by atoms with Gasteiger partial charge in [0.15, 0.2) is 0 Å². The number of carbonyl (C=O) groups is 1. The molecule has 1 unspecified atom stereocenters. The fourth-order valence-corrected chi connectivity index (χ4v) is 2.97. The van der Waals surface area contributed by atoms with Crippen molar-refractivity contribution in [3.8, 4) is 0 Å². The standard InChI is InChI=1S/C17H25FN2O/c1-2-15-8-5-6-12-20(15)17(21)13-19-11-10-14-7-3-4-9-16(14)18/h3-4,7,9,15,19H,2,5-6,8,10-13H2,1H3. The lowest BCUT2D eigenvalue weighted by atomic mass is 10.00. The molecule has 1 fully saturated rings. The number of hydrogen-bond acceptors (Lipinski definition) is 2. The van der Waals surface area contributed by atoms with Gasteiger partial charge >= 0.3 is 0 Å². The molecule has 0 spiro atoms. The van der Waals surface area contributed by atoms with E-state index in [9.17, 15) is 9.18 Å². The van der Waals surface area contributed by atoms with Crippen LogP contribution in [0.15, 0.2) is 24.3 Å². The zero-order chi connectivity index (χ0) is 15.1. The maximum atomic E-state index is 13.5. The highest BCUT2D eigenvalue weighted by atomic mass is 19.1. The van der Waals surface area contributed by atoms with Crippen LogP contribution in [0.5, 0.6) is 0 Å². The van der Waals surface area contributed by atoms with Crippen molar-refractivity contribution in [3.63, 3.8) is 0 Å². The second-order valence-electron chi connectivity index (χ2n) is 5.66. The van der Waals surface area contributed by atoms with Gasteiger partial charge in [-0.1, -0.05) is 25.1 Å². The monoisotopic (exact) mass is 292 g/mol. The molecule has 0 radical (unpaired) electrons. The molecule has 1 aromatic rings. The maximum absolute atomic E-state index is 13.5. The summed E-state index contributed by atoms with van der Waals surface area (Å²) in [5.74, 6) is 0.00258. The van der Waals surface area contributed by atoms with Gasteiger partial charge in [-0.3, -0.25) is 4.79 Å². The van der Waals surface area contributed by atoms with Gasteiger partial charge in [0.25, 0.3) is 0 Å². The first-order chi connectivity index (χ1) is 10.2. The van der Waals surface area contributed by atoms with E-state index in [0.29, 0.717) is 31.1 Å². The molecule has 1 N–H and O–H groups in total. The molecule has 2 rings (SSSR count). The van der Waals surface area contributed by atoms with E-state index in [-0.39, 0.29) is 11.7 Å². The summed E-state index contributed by atoms with van der Waals surface area (Å²) in [6.45, 7) is 4.00. The van der Waals surface area contributed by atoms with Crippen LogP contribution in [0.25, 0.3) is 0 Å². The number of hydrogen-bond donors (Lipinski definition) is 1. The van der Waals surface area contributed by atoms with Gasteiger partial charge < -0.3 is 10.2 Å². The normalized spacial score (nSPS) is 18.8. The zero-order valence-electron chi connectivity index (χ0n) is 12.8. The molecule has 1 heterocycles. The predicted octanol–water partition coefficient (Wildman–Crippen LogP) is 2.75. The molecule has 4 heteroatoms. The van der Waals surface area contributed by atoms with E-state index in [2.05, 4.69) is 12.2 Å². The summed E-state index contributed by atoms with van der Waals surface area (Å²) in [4.78, 5) is 14.2. The van der Waals surface area contributed by atoms with Crippen molar-refractivity contribution in [2.75, 3.05) is 19.6 Å². The Kier molecular flexibility index (Phi) is 6.18. The minimum Gasteiger partial charge on any atom is -0.339 e. The minimum atomic E-state index is -0.173. The van der Waals surface area contributed by atoms with Gasteiger partial charge in [-0.05, 0) is 50.3 Å². The highest BCUT2D eigenvalue weighted by Crippen LogP contribution is 2.19. The number of carbonyl (C=O) groups excluding carboxylic acids is 1. The summed E-state index contributed by atoms with van der Waals surface area (Å²) in [6.07, 6.45) is 5.09. The van der Waals surface area contributed by atoms with Crippen LogP contribution in [-0.2, 0) is 11.2 Å². The highest BCUT2D eigenvalue weighted by molar-refractivity contribution is 5.78. The van der Waals surface area contributed by atoms with E-state index >= 15 is 0 Å². The number of amides is 1. The smallest absolute Gasteiger partial charge is 0.236 e. The van der Waals surface area contributed by atoms with Crippen molar-refractivity contribution in [1.29, 1.82) is 0 Å². The number of likely N-dealkylation sites (tertiary alicyclic amines) is 1. The lowest BCUT2D eigenvalue weighted by molar-refractivity contribution is -0.133. The lowest BCUT2D eigenvalue weighted by Crippen LogP contribution is -2.47. The fraction of sp³-hybridized carbons (Fsp3) is 0.588. The first-order valence-corrected chi connectivity index (χ1v) is 7.96. The third kappa shape index (κ3) is 4.53. The van der Waals surface area contributed by atoms with Gasteiger partial charge in [0.1, 0.15) is 5.82 Å². The lowest BCUT2D eigenvalue weighted by Gasteiger charge is -2.35. The van der Waals surface area contributed by atoms with Crippen molar-refractivity contribution in [1.82, 2.24) is 10.2 Å². The number of benzene rings is 1. The van der Waals surface area contributed by atoms with E-state index in [1.54, 1.807) is 12.1 Å². The number of piperidine rings is 1. The van der Waals surface area contributed by atoms with Crippen LogP contribution in [0.2, 0.25) is 0 Å². The van der Waals surface area contributed by atoms with Gasteiger partial charge in [0.05, 0.1) is 6.54 Å². The van der Waals surface area contributed by atoms with Crippen molar-refractivity contribution in [3.05, 3.63) is 35.6 Å². The first kappa shape index (κ1) is 16.0. The van der Waals surface area contributed by atoms with E-state index in [1.165, 1.54) is 12.5 Å². The molecule has 1 aliphatic rings. The molecule has 0 bridgehead atoms. The van der Waals surface area contributed by atoms with Crippen molar-refractivity contribution in [2.45, 2.75) is 45.1 Å². The van der Waals surface area contributed by atoms with E-state index in [4.69, 9.17) is 0 Å². The average Bonchev–Trinajstić information content (AvgIpc) is 2.52. The molecule has 1 saturated heterocycles. The Morgan fingerprint density at radius 1 is 1.38 bits per heavy atom. The van der Waals surface area contributed by atoms with Crippen LogP contribution in [0.3, 0.4) is 0 Å².